The molecular formula is C14H19NO4S. The lowest BCUT2D eigenvalue weighted by Gasteiger charge is -2.26. The van der Waals surface area contributed by atoms with Gasteiger partial charge in [-0.15, -0.1) is 11.3 Å². The number of hydrogen-bond donors (Lipinski definition) is 1. The molecule has 1 aliphatic rings. The molecule has 0 aromatic carbocycles. The van der Waals surface area contributed by atoms with Gasteiger partial charge in [-0.25, -0.2) is 9.59 Å². The number of aromatic carboxylic acids is 1. The highest BCUT2D eigenvalue weighted by atomic mass is 32.1. The van der Waals surface area contributed by atoms with E-state index in [2.05, 4.69) is 0 Å². The van der Waals surface area contributed by atoms with Gasteiger partial charge in [0.2, 0.25) is 0 Å². The van der Waals surface area contributed by atoms with E-state index in [1.165, 1.54) is 11.3 Å². The zero-order chi connectivity index (χ0) is 14.9. The number of carbonyl (C=O) groups excluding carboxylic acids is 1. The predicted molar refractivity (Wildman–Crippen MR) is 76.5 cm³/mol. The second-order valence-corrected chi connectivity index (χ2v) is 6.97. The fourth-order valence-corrected chi connectivity index (χ4v) is 3.15. The second kappa shape index (κ2) is 5.44. The van der Waals surface area contributed by atoms with Crippen LogP contribution in [0.2, 0.25) is 0 Å². The summed E-state index contributed by atoms with van der Waals surface area (Å²) in [6.07, 6.45) is 1.07. The number of thiophene rings is 1. The van der Waals surface area contributed by atoms with Crippen molar-refractivity contribution in [1.82, 2.24) is 4.90 Å². The third-order valence-corrected chi connectivity index (χ3v) is 4.24. The minimum atomic E-state index is -0.882. The van der Waals surface area contributed by atoms with Crippen molar-refractivity contribution in [2.24, 2.45) is 0 Å². The quantitative estimate of drug-likeness (QED) is 0.865. The summed E-state index contributed by atoms with van der Waals surface area (Å²) in [7, 11) is 0. The Morgan fingerprint density at radius 3 is 2.55 bits per heavy atom. The molecule has 1 aromatic heterocycles. The minimum absolute atomic E-state index is 0.300. The molecule has 0 aliphatic carbocycles. The third-order valence-electron chi connectivity index (χ3n) is 3.02. The molecule has 6 heteroatoms. The summed E-state index contributed by atoms with van der Waals surface area (Å²) in [5, 5.41) is 9.00. The molecule has 1 aliphatic heterocycles. The topological polar surface area (TPSA) is 66.8 Å². The normalized spacial score (nSPS) is 15.4. The Hall–Kier alpha value is -1.56. The monoisotopic (exact) mass is 297 g/mol. The highest BCUT2D eigenvalue weighted by Gasteiger charge is 2.25. The van der Waals surface area contributed by atoms with Crippen LogP contribution in [-0.2, 0) is 17.6 Å². The highest BCUT2D eigenvalue weighted by molar-refractivity contribution is 7.14. The molecule has 2 rings (SSSR count). The summed E-state index contributed by atoms with van der Waals surface area (Å²) in [5.74, 6) is -0.882. The maximum atomic E-state index is 12.0. The van der Waals surface area contributed by atoms with Crippen molar-refractivity contribution in [3.63, 3.8) is 0 Å². The number of hydrogen-bond acceptors (Lipinski definition) is 4. The molecule has 0 bridgehead atoms. The highest BCUT2D eigenvalue weighted by Crippen LogP contribution is 2.26. The molecule has 110 valence electrons. The number of ether oxygens (including phenoxy) is 1. The van der Waals surface area contributed by atoms with Gasteiger partial charge in [0.1, 0.15) is 10.5 Å². The van der Waals surface area contributed by atoms with Crippen LogP contribution in [0.5, 0.6) is 0 Å². The van der Waals surface area contributed by atoms with Gasteiger partial charge in [-0.2, -0.15) is 0 Å². The Balaban J connectivity index is 2.03. The summed E-state index contributed by atoms with van der Waals surface area (Å²) in [4.78, 5) is 26.1. The van der Waals surface area contributed by atoms with Crippen LogP contribution in [0.3, 0.4) is 0 Å². The maximum Gasteiger partial charge on any atom is 0.410 e. The van der Waals surface area contributed by atoms with Crippen LogP contribution in [0.1, 0.15) is 40.9 Å². The summed E-state index contributed by atoms with van der Waals surface area (Å²) < 4.78 is 5.37. The lowest BCUT2D eigenvalue weighted by Crippen LogP contribution is -2.38. The number of nitrogens with zero attached hydrogens (tertiary/aromatic N) is 1. The van der Waals surface area contributed by atoms with Gasteiger partial charge in [0.05, 0.1) is 0 Å². The zero-order valence-electron chi connectivity index (χ0n) is 11.9. The first kappa shape index (κ1) is 14.8. The molecule has 1 aromatic rings. The molecule has 1 N–H and O–H groups in total. The number of fused-ring (bicyclic) bond motifs is 1. The van der Waals surface area contributed by atoms with E-state index in [1.54, 1.807) is 11.0 Å². The lowest BCUT2D eigenvalue weighted by atomic mass is 10.1. The summed E-state index contributed by atoms with van der Waals surface area (Å²) in [5.41, 5.74) is 0.545. The Bertz CT molecular complexity index is 504. The number of amides is 1. The molecule has 0 atom stereocenters. The second-order valence-electron chi connectivity index (χ2n) is 5.83. The molecule has 5 nitrogen and oxygen atoms in total. The van der Waals surface area contributed by atoms with Gasteiger partial charge in [-0.1, -0.05) is 0 Å². The Morgan fingerprint density at radius 1 is 1.30 bits per heavy atom. The first-order valence-corrected chi connectivity index (χ1v) is 7.41. The van der Waals surface area contributed by atoms with Gasteiger partial charge in [0, 0.05) is 18.0 Å². The number of rotatable bonds is 1. The van der Waals surface area contributed by atoms with Crippen LogP contribution in [-0.4, -0.2) is 40.8 Å². The molecule has 0 saturated heterocycles. The largest absolute Gasteiger partial charge is 0.477 e. The van der Waals surface area contributed by atoms with Crippen molar-refractivity contribution < 1.29 is 19.4 Å². The lowest BCUT2D eigenvalue weighted by molar-refractivity contribution is 0.0258. The first-order valence-electron chi connectivity index (χ1n) is 6.59. The summed E-state index contributed by atoms with van der Waals surface area (Å²) >= 11 is 1.31. The van der Waals surface area contributed by atoms with E-state index in [9.17, 15) is 9.59 Å². The van der Waals surface area contributed by atoms with Gasteiger partial charge in [0.15, 0.2) is 0 Å². The van der Waals surface area contributed by atoms with Crippen molar-refractivity contribution in [2.45, 2.75) is 39.2 Å². The van der Waals surface area contributed by atoms with Crippen LogP contribution in [0.15, 0.2) is 6.07 Å². The van der Waals surface area contributed by atoms with Crippen molar-refractivity contribution in [1.29, 1.82) is 0 Å². The van der Waals surface area contributed by atoms with E-state index in [4.69, 9.17) is 9.84 Å². The first-order chi connectivity index (χ1) is 9.26. The van der Waals surface area contributed by atoms with Gasteiger partial charge in [0.25, 0.3) is 0 Å². The zero-order valence-corrected chi connectivity index (χ0v) is 12.7. The Labute approximate surface area is 122 Å². The van der Waals surface area contributed by atoms with Crippen LogP contribution < -0.4 is 0 Å². The Morgan fingerprint density at radius 2 is 1.95 bits per heavy atom. The van der Waals surface area contributed by atoms with Crippen molar-refractivity contribution >= 4 is 23.4 Å². The van der Waals surface area contributed by atoms with Crippen molar-refractivity contribution in [3.05, 3.63) is 21.4 Å². The molecule has 0 spiro atoms. The molecular weight excluding hydrogens is 278 g/mol. The van der Waals surface area contributed by atoms with E-state index in [0.29, 0.717) is 30.8 Å². The van der Waals surface area contributed by atoms with E-state index in [1.807, 2.05) is 20.8 Å². The average molecular weight is 297 g/mol. The van der Waals surface area contributed by atoms with Gasteiger partial charge < -0.3 is 14.7 Å². The smallest absolute Gasteiger partial charge is 0.410 e. The molecule has 0 unspecified atom stereocenters. The fourth-order valence-electron chi connectivity index (χ4n) is 2.11. The van der Waals surface area contributed by atoms with Gasteiger partial charge >= 0.3 is 12.1 Å². The Kier molecular flexibility index (Phi) is 4.04. The van der Waals surface area contributed by atoms with E-state index < -0.39 is 11.6 Å². The number of carbonyl (C=O) groups is 2. The number of carboxylic acids is 1. The van der Waals surface area contributed by atoms with Crippen LogP contribution >= 0.6 is 11.3 Å². The summed E-state index contributed by atoms with van der Waals surface area (Å²) in [6.45, 7) is 6.68. The van der Waals surface area contributed by atoms with E-state index >= 15 is 0 Å². The predicted octanol–water partition coefficient (Wildman–Crippen LogP) is 2.78. The van der Waals surface area contributed by atoms with Crippen LogP contribution in [0.25, 0.3) is 0 Å². The van der Waals surface area contributed by atoms with Crippen LogP contribution in [0.4, 0.5) is 4.79 Å². The third kappa shape index (κ3) is 3.50. The van der Waals surface area contributed by atoms with Crippen molar-refractivity contribution in [3.8, 4) is 0 Å². The molecule has 2 heterocycles. The molecule has 20 heavy (non-hydrogen) atoms. The van der Waals surface area contributed by atoms with Gasteiger partial charge in [-0.3, -0.25) is 0 Å². The molecule has 0 fully saturated rings. The molecule has 0 radical (unpaired) electrons. The molecule has 1 amide bonds. The fraction of sp³-hybridized carbons (Fsp3) is 0.571. The summed E-state index contributed by atoms with van der Waals surface area (Å²) in [6, 6.07) is 1.72. The van der Waals surface area contributed by atoms with Crippen LogP contribution in [0, 0.1) is 0 Å². The van der Waals surface area contributed by atoms with Crippen molar-refractivity contribution in [2.75, 3.05) is 13.1 Å². The van der Waals surface area contributed by atoms with E-state index in [-0.39, 0.29) is 6.09 Å². The van der Waals surface area contributed by atoms with Gasteiger partial charge in [-0.05, 0) is 45.2 Å². The maximum absolute atomic E-state index is 12.0. The minimum Gasteiger partial charge on any atom is -0.477 e. The molecule has 0 saturated carbocycles. The number of carboxylic acid groups (broad SMARTS) is 1. The average Bonchev–Trinajstić information content (AvgIpc) is 2.61. The standard InChI is InChI=1S/C14H19NO4S/c1-14(2,3)19-13(18)15-6-4-9-8-11(12(16)17)20-10(9)5-7-15/h8H,4-7H2,1-3H3,(H,16,17). The van der Waals surface area contributed by atoms with E-state index in [0.717, 1.165) is 10.4 Å². The SMILES string of the molecule is CC(C)(C)OC(=O)N1CCc2cc(C(=O)O)sc2CC1.